The number of hydrogen-bond acceptors (Lipinski definition) is 3. The zero-order valence-corrected chi connectivity index (χ0v) is 14.1. The molecule has 0 radical (unpaired) electrons. The topological polar surface area (TPSA) is 57.1 Å². The summed E-state index contributed by atoms with van der Waals surface area (Å²) in [5, 5.41) is 14.2. The van der Waals surface area contributed by atoms with Crippen molar-refractivity contribution in [1.82, 2.24) is 5.32 Å². The number of amidine groups is 1. The highest BCUT2D eigenvalue weighted by atomic mass is 79.9. The third-order valence-corrected chi connectivity index (χ3v) is 3.47. The summed E-state index contributed by atoms with van der Waals surface area (Å²) < 4.78 is 6.79. The Kier molecular flexibility index (Phi) is 6.27. The number of hydrogen-bond donors (Lipinski definition) is 3. The van der Waals surface area contributed by atoms with Crippen LogP contribution in [-0.4, -0.2) is 25.0 Å². The summed E-state index contributed by atoms with van der Waals surface area (Å²) >= 11 is 3.42. The van der Waals surface area contributed by atoms with Gasteiger partial charge in [-0.05, 0) is 37.3 Å². The monoisotopic (exact) mass is 361 g/mol. The van der Waals surface area contributed by atoms with Crippen molar-refractivity contribution in [1.29, 1.82) is 5.41 Å². The Morgan fingerprint density at radius 1 is 1.18 bits per heavy atom. The second kappa shape index (κ2) is 8.44. The second-order valence-corrected chi connectivity index (χ2v) is 5.88. The molecule has 5 heteroatoms. The van der Waals surface area contributed by atoms with E-state index in [0.717, 1.165) is 15.9 Å². The largest absolute Gasteiger partial charge is 0.489 e. The first kappa shape index (κ1) is 16.4. The van der Waals surface area contributed by atoms with Crippen LogP contribution in [0.4, 0.5) is 5.69 Å². The van der Waals surface area contributed by atoms with E-state index in [0.29, 0.717) is 18.9 Å². The summed E-state index contributed by atoms with van der Waals surface area (Å²) in [5.41, 5.74) is 1.01. The summed E-state index contributed by atoms with van der Waals surface area (Å²) in [6, 6.07) is 17.6. The van der Waals surface area contributed by atoms with Gasteiger partial charge in [0.1, 0.15) is 17.7 Å². The van der Waals surface area contributed by atoms with Gasteiger partial charge in [0.05, 0.1) is 13.1 Å². The fraction of sp³-hybridized carbons (Fsp3) is 0.235. The third kappa shape index (κ3) is 5.77. The van der Waals surface area contributed by atoms with Gasteiger partial charge in [0.15, 0.2) is 0 Å². The number of ether oxygens (including phenoxy) is 1. The molecule has 0 heterocycles. The normalized spacial score (nSPS) is 11.5. The molecule has 0 fully saturated rings. The first-order chi connectivity index (χ1) is 10.6. The molecule has 4 nitrogen and oxygen atoms in total. The van der Waals surface area contributed by atoms with Crippen LogP contribution < -0.4 is 15.4 Å². The van der Waals surface area contributed by atoms with Crippen molar-refractivity contribution in [3.63, 3.8) is 0 Å². The fourth-order valence-electron chi connectivity index (χ4n) is 1.89. The predicted molar refractivity (Wildman–Crippen MR) is 94.9 cm³/mol. The average molecular weight is 362 g/mol. The zero-order chi connectivity index (χ0) is 15.8. The highest BCUT2D eigenvalue weighted by molar-refractivity contribution is 9.10. The van der Waals surface area contributed by atoms with Crippen LogP contribution in [0, 0.1) is 5.41 Å². The van der Waals surface area contributed by atoms with E-state index in [2.05, 4.69) is 26.6 Å². The lowest BCUT2D eigenvalue weighted by atomic mass is 10.3. The van der Waals surface area contributed by atoms with Gasteiger partial charge < -0.3 is 15.4 Å². The number of halogens is 1. The molecule has 0 spiro atoms. The minimum atomic E-state index is -0.0219. The Labute approximate surface area is 139 Å². The van der Waals surface area contributed by atoms with Gasteiger partial charge in [0.25, 0.3) is 0 Å². The molecule has 1 unspecified atom stereocenters. The molecular formula is C17H20BrN3O. The average Bonchev–Trinajstić information content (AvgIpc) is 2.52. The molecule has 0 saturated heterocycles. The van der Waals surface area contributed by atoms with Crippen molar-refractivity contribution in [3.8, 4) is 5.75 Å². The lowest BCUT2D eigenvalue weighted by molar-refractivity contribution is 0.224. The maximum atomic E-state index is 7.91. The molecule has 0 aliphatic rings. The molecule has 0 amide bonds. The summed E-state index contributed by atoms with van der Waals surface area (Å²) in [5.74, 6) is 1.26. The Balaban J connectivity index is 1.69. The van der Waals surface area contributed by atoms with E-state index in [9.17, 15) is 0 Å². The van der Waals surface area contributed by atoms with E-state index < -0.39 is 0 Å². The van der Waals surface area contributed by atoms with Gasteiger partial charge in [-0.15, -0.1) is 0 Å². The number of rotatable bonds is 7. The van der Waals surface area contributed by atoms with Crippen LogP contribution >= 0.6 is 15.9 Å². The lowest BCUT2D eigenvalue weighted by Crippen LogP contribution is -2.36. The van der Waals surface area contributed by atoms with Gasteiger partial charge >= 0.3 is 0 Å². The van der Waals surface area contributed by atoms with Gasteiger partial charge in [-0.1, -0.05) is 40.2 Å². The molecule has 1 atom stereocenters. The second-order valence-electron chi connectivity index (χ2n) is 4.96. The predicted octanol–water partition coefficient (Wildman–Crippen LogP) is 3.90. The highest BCUT2D eigenvalue weighted by Gasteiger charge is 2.05. The molecule has 3 N–H and O–H groups in total. The number of nitrogens with one attached hydrogen (secondary N) is 3. The summed E-state index contributed by atoms with van der Waals surface area (Å²) in [6.07, 6.45) is -0.0219. The zero-order valence-electron chi connectivity index (χ0n) is 12.5. The van der Waals surface area contributed by atoms with E-state index in [-0.39, 0.29) is 6.10 Å². The van der Waals surface area contributed by atoms with E-state index in [1.807, 2.05) is 61.5 Å². The number of anilines is 1. The standard InChI is InChI=1S/C17H20BrN3O/c1-13(22-16-9-5-6-14(18)10-16)11-21-17(19)12-20-15-7-3-2-4-8-15/h2-10,13,20H,11-12H2,1H3,(H2,19,21). The van der Waals surface area contributed by atoms with Crippen LogP contribution in [-0.2, 0) is 0 Å². The Morgan fingerprint density at radius 3 is 2.68 bits per heavy atom. The van der Waals surface area contributed by atoms with Crippen LogP contribution in [0.3, 0.4) is 0 Å². The summed E-state index contributed by atoms with van der Waals surface area (Å²) in [7, 11) is 0. The summed E-state index contributed by atoms with van der Waals surface area (Å²) in [4.78, 5) is 0. The van der Waals surface area contributed by atoms with Gasteiger partial charge in [-0.25, -0.2) is 0 Å². The van der Waals surface area contributed by atoms with Crippen molar-refractivity contribution in [3.05, 3.63) is 59.1 Å². The van der Waals surface area contributed by atoms with Gasteiger partial charge in [0.2, 0.25) is 0 Å². The van der Waals surface area contributed by atoms with E-state index in [4.69, 9.17) is 10.1 Å². The van der Waals surface area contributed by atoms with Crippen LogP contribution in [0.15, 0.2) is 59.1 Å². The maximum absolute atomic E-state index is 7.91. The minimum absolute atomic E-state index is 0.0219. The molecule has 0 aliphatic heterocycles. The molecule has 2 aromatic carbocycles. The Bertz CT molecular complexity index is 604. The number of benzene rings is 2. The van der Waals surface area contributed by atoms with E-state index in [1.54, 1.807) is 0 Å². The summed E-state index contributed by atoms with van der Waals surface area (Å²) in [6.45, 7) is 3.03. The van der Waals surface area contributed by atoms with E-state index >= 15 is 0 Å². The van der Waals surface area contributed by atoms with Crippen molar-refractivity contribution >= 4 is 27.5 Å². The van der Waals surface area contributed by atoms with Crippen LogP contribution in [0.5, 0.6) is 5.75 Å². The SMILES string of the molecule is CC(CNC(=N)CNc1ccccc1)Oc1cccc(Br)c1. The van der Waals surface area contributed by atoms with Gasteiger partial charge in [0, 0.05) is 10.2 Å². The van der Waals surface area contributed by atoms with Crippen molar-refractivity contribution in [2.24, 2.45) is 0 Å². The van der Waals surface area contributed by atoms with E-state index in [1.165, 1.54) is 0 Å². The first-order valence-electron chi connectivity index (χ1n) is 7.16. The third-order valence-electron chi connectivity index (χ3n) is 2.98. The fourth-order valence-corrected chi connectivity index (χ4v) is 2.27. The molecule has 2 rings (SSSR count). The van der Waals surface area contributed by atoms with Crippen molar-refractivity contribution in [2.45, 2.75) is 13.0 Å². The molecule has 116 valence electrons. The van der Waals surface area contributed by atoms with Crippen LogP contribution in [0.2, 0.25) is 0 Å². The van der Waals surface area contributed by atoms with Gasteiger partial charge in [-0.3, -0.25) is 5.41 Å². The Morgan fingerprint density at radius 2 is 1.95 bits per heavy atom. The molecule has 0 aliphatic carbocycles. The Hall–Kier alpha value is -2.01. The quantitative estimate of drug-likeness (QED) is 0.517. The van der Waals surface area contributed by atoms with Crippen molar-refractivity contribution in [2.75, 3.05) is 18.4 Å². The number of para-hydroxylation sites is 1. The van der Waals surface area contributed by atoms with Crippen LogP contribution in [0.25, 0.3) is 0 Å². The van der Waals surface area contributed by atoms with Crippen LogP contribution in [0.1, 0.15) is 6.92 Å². The first-order valence-corrected chi connectivity index (χ1v) is 7.95. The molecule has 0 saturated carbocycles. The lowest BCUT2D eigenvalue weighted by Gasteiger charge is -2.17. The molecular weight excluding hydrogens is 342 g/mol. The highest BCUT2D eigenvalue weighted by Crippen LogP contribution is 2.18. The maximum Gasteiger partial charge on any atom is 0.120 e. The van der Waals surface area contributed by atoms with Crippen molar-refractivity contribution < 1.29 is 4.74 Å². The smallest absolute Gasteiger partial charge is 0.120 e. The molecule has 22 heavy (non-hydrogen) atoms. The molecule has 2 aromatic rings. The molecule has 0 aromatic heterocycles. The molecule has 0 bridgehead atoms. The van der Waals surface area contributed by atoms with Gasteiger partial charge in [-0.2, -0.15) is 0 Å². The minimum Gasteiger partial charge on any atom is -0.489 e.